The number of hydrogen-bond donors (Lipinski definition) is 1. The average Bonchev–Trinajstić information content (AvgIpc) is 3.27. The van der Waals surface area contributed by atoms with Crippen LogP contribution in [-0.4, -0.2) is 48.3 Å². The Morgan fingerprint density at radius 3 is 2.68 bits per heavy atom. The molecule has 3 aliphatic heterocycles. The summed E-state index contributed by atoms with van der Waals surface area (Å²) in [6.45, 7) is 1.28. The molecule has 6 nitrogen and oxygen atoms in total. The van der Waals surface area contributed by atoms with Gasteiger partial charge in [-0.05, 0) is 31.4 Å². The number of carbonyl (C=O) groups is 3. The summed E-state index contributed by atoms with van der Waals surface area (Å²) in [6.07, 6.45) is 3.19. The lowest BCUT2D eigenvalue weighted by Crippen LogP contribution is -2.50. The van der Waals surface area contributed by atoms with Crippen LogP contribution in [0.4, 0.5) is 14.5 Å². The normalized spacial score (nSPS) is 28.0. The van der Waals surface area contributed by atoms with Crippen LogP contribution in [0.1, 0.15) is 32.1 Å². The highest BCUT2D eigenvalue weighted by Crippen LogP contribution is 2.33. The van der Waals surface area contributed by atoms with Gasteiger partial charge in [0.25, 0.3) is 0 Å². The van der Waals surface area contributed by atoms with Crippen LogP contribution in [0.5, 0.6) is 0 Å². The van der Waals surface area contributed by atoms with Gasteiger partial charge >= 0.3 is 0 Å². The summed E-state index contributed by atoms with van der Waals surface area (Å²) < 4.78 is 27.3. The molecule has 0 aromatic heterocycles. The Kier molecular flexibility index (Phi) is 5.03. The van der Waals surface area contributed by atoms with Crippen molar-refractivity contribution in [3.63, 3.8) is 0 Å². The number of carbonyl (C=O) groups excluding carboxylic acids is 3. The first-order valence-electron chi connectivity index (χ1n) is 9.76. The van der Waals surface area contributed by atoms with Crippen LogP contribution in [-0.2, 0) is 14.4 Å². The van der Waals surface area contributed by atoms with Gasteiger partial charge < -0.3 is 15.1 Å². The lowest BCUT2D eigenvalue weighted by Gasteiger charge is -2.40. The number of nitrogens with zero attached hydrogens (tertiary/aromatic N) is 2. The molecular formula is C20H23F2N3O3. The van der Waals surface area contributed by atoms with E-state index in [4.69, 9.17) is 0 Å². The van der Waals surface area contributed by atoms with E-state index in [9.17, 15) is 23.2 Å². The zero-order chi connectivity index (χ0) is 19.8. The lowest BCUT2D eigenvalue weighted by molar-refractivity contribution is -0.140. The summed E-state index contributed by atoms with van der Waals surface area (Å²) in [5, 5.41) is 2.83. The SMILES string of the molecule is O=C1C[C@H]([C@@H]2CCCCN2C(=O)[C@H]2CC(=O)N(c3ccc(F)cc3F)C2)CN1. The monoisotopic (exact) mass is 391 g/mol. The maximum atomic E-state index is 14.1. The smallest absolute Gasteiger partial charge is 0.228 e. The molecule has 3 aliphatic rings. The van der Waals surface area contributed by atoms with Crippen LogP contribution in [0.3, 0.4) is 0 Å². The van der Waals surface area contributed by atoms with Gasteiger partial charge in [0.05, 0.1) is 11.6 Å². The van der Waals surface area contributed by atoms with E-state index in [1.807, 2.05) is 4.90 Å². The number of amides is 3. The van der Waals surface area contributed by atoms with Crippen LogP contribution in [0, 0.1) is 23.5 Å². The molecule has 3 saturated heterocycles. The quantitative estimate of drug-likeness (QED) is 0.855. The number of likely N-dealkylation sites (tertiary alicyclic amines) is 1. The molecule has 1 N–H and O–H groups in total. The van der Waals surface area contributed by atoms with Gasteiger partial charge in [0.2, 0.25) is 17.7 Å². The molecule has 4 rings (SSSR count). The van der Waals surface area contributed by atoms with E-state index in [0.29, 0.717) is 19.5 Å². The Labute approximate surface area is 161 Å². The molecule has 3 fully saturated rings. The number of rotatable bonds is 3. The number of halogens is 2. The second-order valence-electron chi connectivity index (χ2n) is 7.86. The minimum atomic E-state index is -0.812. The topological polar surface area (TPSA) is 69.7 Å². The maximum Gasteiger partial charge on any atom is 0.228 e. The Hall–Kier alpha value is -2.51. The predicted octanol–water partition coefficient (Wildman–Crippen LogP) is 1.83. The summed E-state index contributed by atoms with van der Waals surface area (Å²) in [7, 11) is 0. The Balaban J connectivity index is 1.49. The lowest BCUT2D eigenvalue weighted by atomic mass is 9.88. The second kappa shape index (κ2) is 7.48. The zero-order valence-electron chi connectivity index (χ0n) is 15.5. The number of benzene rings is 1. The molecule has 3 atom stereocenters. The molecule has 0 saturated carbocycles. The summed E-state index contributed by atoms with van der Waals surface area (Å²) >= 11 is 0. The molecule has 150 valence electrons. The summed E-state index contributed by atoms with van der Waals surface area (Å²) in [5.41, 5.74) is 0.00230. The van der Waals surface area contributed by atoms with E-state index >= 15 is 0 Å². The van der Waals surface area contributed by atoms with Gasteiger partial charge in [0, 0.05) is 50.5 Å². The van der Waals surface area contributed by atoms with Gasteiger partial charge in [-0.1, -0.05) is 0 Å². The number of nitrogens with one attached hydrogen (secondary N) is 1. The van der Waals surface area contributed by atoms with Crippen LogP contribution < -0.4 is 10.2 Å². The van der Waals surface area contributed by atoms with Gasteiger partial charge in [-0.15, -0.1) is 0 Å². The fourth-order valence-electron chi connectivity index (χ4n) is 4.66. The molecule has 8 heteroatoms. The van der Waals surface area contributed by atoms with Crippen molar-refractivity contribution < 1.29 is 23.2 Å². The Bertz CT molecular complexity index is 816. The highest BCUT2D eigenvalue weighted by Gasteiger charge is 2.42. The van der Waals surface area contributed by atoms with Crippen LogP contribution in [0.25, 0.3) is 0 Å². The third-order valence-corrected chi connectivity index (χ3v) is 6.06. The summed E-state index contributed by atoms with van der Waals surface area (Å²) in [5.74, 6) is -2.42. The van der Waals surface area contributed by atoms with Gasteiger partial charge in [-0.25, -0.2) is 8.78 Å². The number of piperidine rings is 1. The molecule has 3 heterocycles. The highest BCUT2D eigenvalue weighted by atomic mass is 19.1. The highest BCUT2D eigenvalue weighted by molar-refractivity contribution is 6.00. The maximum absolute atomic E-state index is 14.1. The van der Waals surface area contributed by atoms with E-state index in [2.05, 4.69) is 5.32 Å². The van der Waals surface area contributed by atoms with Crippen LogP contribution in [0.15, 0.2) is 18.2 Å². The van der Waals surface area contributed by atoms with Crippen molar-refractivity contribution in [3.05, 3.63) is 29.8 Å². The molecule has 1 aromatic rings. The van der Waals surface area contributed by atoms with Crippen molar-refractivity contribution in [3.8, 4) is 0 Å². The molecule has 0 spiro atoms. The van der Waals surface area contributed by atoms with Crippen molar-refractivity contribution in [1.29, 1.82) is 0 Å². The third-order valence-electron chi connectivity index (χ3n) is 6.06. The first-order chi connectivity index (χ1) is 13.4. The minimum absolute atomic E-state index is 0.00230. The van der Waals surface area contributed by atoms with E-state index < -0.39 is 17.6 Å². The van der Waals surface area contributed by atoms with E-state index in [-0.39, 0.29) is 48.3 Å². The van der Waals surface area contributed by atoms with Crippen LogP contribution in [0.2, 0.25) is 0 Å². The van der Waals surface area contributed by atoms with Gasteiger partial charge in [-0.2, -0.15) is 0 Å². The van der Waals surface area contributed by atoms with Gasteiger partial charge in [0.1, 0.15) is 11.6 Å². The molecule has 0 radical (unpaired) electrons. The Morgan fingerprint density at radius 1 is 1.14 bits per heavy atom. The molecule has 0 bridgehead atoms. The van der Waals surface area contributed by atoms with Crippen molar-refractivity contribution in [2.24, 2.45) is 11.8 Å². The first kappa shape index (κ1) is 18.8. The fourth-order valence-corrected chi connectivity index (χ4v) is 4.66. The number of anilines is 1. The number of hydrogen-bond acceptors (Lipinski definition) is 3. The van der Waals surface area contributed by atoms with Crippen molar-refractivity contribution >= 4 is 23.4 Å². The summed E-state index contributed by atoms with van der Waals surface area (Å²) in [6, 6.07) is 3.07. The molecule has 0 unspecified atom stereocenters. The van der Waals surface area contributed by atoms with E-state index in [0.717, 1.165) is 31.4 Å². The van der Waals surface area contributed by atoms with E-state index in [1.54, 1.807) is 0 Å². The van der Waals surface area contributed by atoms with Crippen LogP contribution >= 0.6 is 0 Å². The van der Waals surface area contributed by atoms with Gasteiger partial charge in [0.15, 0.2) is 0 Å². The Morgan fingerprint density at radius 2 is 1.96 bits per heavy atom. The molecular weight excluding hydrogens is 368 g/mol. The average molecular weight is 391 g/mol. The predicted molar refractivity (Wildman–Crippen MR) is 97.3 cm³/mol. The van der Waals surface area contributed by atoms with Gasteiger partial charge in [-0.3, -0.25) is 14.4 Å². The summed E-state index contributed by atoms with van der Waals surface area (Å²) in [4.78, 5) is 40.3. The zero-order valence-corrected chi connectivity index (χ0v) is 15.5. The molecule has 3 amide bonds. The van der Waals surface area contributed by atoms with Crippen molar-refractivity contribution in [1.82, 2.24) is 10.2 Å². The van der Waals surface area contributed by atoms with Crippen molar-refractivity contribution in [2.75, 3.05) is 24.5 Å². The first-order valence-corrected chi connectivity index (χ1v) is 9.76. The minimum Gasteiger partial charge on any atom is -0.356 e. The van der Waals surface area contributed by atoms with Crippen molar-refractivity contribution in [2.45, 2.75) is 38.1 Å². The molecule has 0 aliphatic carbocycles. The van der Waals surface area contributed by atoms with E-state index in [1.165, 1.54) is 11.0 Å². The molecule has 1 aromatic carbocycles. The standard InChI is InChI=1S/C20H23F2N3O3/c21-14-4-5-17(15(22)9-14)25-11-13(8-19(25)27)20(28)24-6-2-1-3-16(24)12-7-18(26)23-10-12/h4-5,9,12-13,16H,1-3,6-8,10-11H2,(H,23,26)/t12-,13-,16-/m0/s1. The largest absolute Gasteiger partial charge is 0.356 e. The fraction of sp³-hybridized carbons (Fsp3) is 0.550. The third kappa shape index (κ3) is 3.47. The second-order valence-corrected chi connectivity index (χ2v) is 7.86. The molecule has 28 heavy (non-hydrogen) atoms.